The van der Waals surface area contributed by atoms with Crippen LogP contribution < -0.4 is 5.32 Å². The number of halogens is 1. The zero-order chi connectivity index (χ0) is 10.4. The summed E-state index contributed by atoms with van der Waals surface area (Å²) in [6.45, 7) is 0.768. The third-order valence-electron chi connectivity index (χ3n) is 1.74. The second-order valence-corrected chi connectivity index (χ2v) is 3.67. The van der Waals surface area contributed by atoms with Crippen molar-refractivity contribution in [1.29, 1.82) is 0 Å². The van der Waals surface area contributed by atoms with Crippen LogP contribution in [-0.2, 0) is 6.54 Å². The summed E-state index contributed by atoms with van der Waals surface area (Å²) in [4.78, 5) is 4.06. The second-order valence-electron chi connectivity index (χ2n) is 2.92. The molecule has 1 atom stereocenters. The molecular formula is C9H13BrN2O2. The minimum absolute atomic E-state index is 0.221. The molecule has 0 fully saturated rings. The van der Waals surface area contributed by atoms with E-state index in [0.29, 0.717) is 13.1 Å². The molecule has 0 saturated heterocycles. The lowest BCUT2D eigenvalue weighted by atomic mass is 10.3. The molecule has 14 heavy (non-hydrogen) atoms. The molecule has 0 aliphatic heterocycles. The number of hydrogen-bond donors (Lipinski definition) is 3. The third kappa shape index (κ3) is 3.71. The van der Waals surface area contributed by atoms with Crippen LogP contribution >= 0.6 is 15.9 Å². The van der Waals surface area contributed by atoms with Crippen molar-refractivity contribution in [2.45, 2.75) is 12.6 Å². The summed E-state index contributed by atoms with van der Waals surface area (Å²) >= 11 is 3.32. The fourth-order valence-electron chi connectivity index (χ4n) is 0.989. The fourth-order valence-corrected chi connectivity index (χ4v) is 1.38. The molecule has 0 spiro atoms. The van der Waals surface area contributed by atoms with Crippen molar-refractivity contribution in [1.82, 2.24) is 10.3 Å². The topological polar surface area (TPSA) is 65.4 Å². The van der Waals surface area contributed by atoms with E-state index in [1.165, 1.54) is 0 Å². The van der Waals surface area contributed by atoms with Gasteiger partial charge in [0, 0.05) is 19.3 Å². The molecule has 3 N–H and O–H groups in total. The van der Waals surface area contributed by atoms with Crippen LogP contribution in [0.2, 0.25) is 0 Å². The predicted octanol–water partition coefficient (Wildman–Crippen LogP) is 0.287. The summed E-state index contributed by atoms with van der Waals surface area (Å²) in [6.07, 6.45) is 1.00. The van der Waals surface area contributed by atoms with E-state index >= 15 is 0 Å². The van der Waals surface area contributed by atoms with E-state index in [4.69, 9.17) is 10.2 Å². The maximum Gasteiger partial charge on any atom is 0.110 e. The zero-order valence-electron chi connectivity index (χ0n) is 7.65. The molecule has 0 unspecified atom stereocenters. The molecule has 0 amide bonds. The Labute approximate surface area is 91.1 Å². The first kappa shape index (κ1) is 11.6. The second kappa shape index (κ2) is 6.08. The monoisotopic (exact) mass is 260 g/mol. The van der Waals surface area contributed by atoms with Crippen LogP contribution in [0.3, 0.4) is 0 Å². The van der Waals surface area contributed by atoms with Crippen molar-refractivity contribution in [3.8, 4) is 0 Å². The first-order valence-corrected chi connectivity index (χ1v) is 5.12. The Morgan fingerprint density at radius 2 is 2.36 bits per heavy atom. The van der Waals surface area contributed by atoms with Crippen molar-refractivity contribution in [2.75, 3.05) is 13.2 Å². The molecule has 0 saturated carbocycles. The van der Waals surface area contributed by atoms with E-state index in [2.05, 4.69) is 26.2 Å². The Morgan fingerprint density at radius 3 is 3.00 bits per heavy atom. The molecule has 4 nitrogen and oxygen atoms in total. The van der Waals surface area contributed by atoms with Crippen LogP contribution in [0.15, 0.2) is 22.9 Å². The molecule has 0 radical (unpaired) electrons. The normalized spacial score (nSPS) is 12.8. The van der Waals surface area contributed by atoms with Gasteiger partial charge in [0.15, 0.2) is 0 Å². The van der Waals surface area contributed by atoms with Crippen LogP contribution in [0.4, 0.5) is 0 Å². The maximum atomic E-state index is 9.07. The highest BCUT2D eigenvalue weighted by atomic mass is 79.9. The van der Waals surface area contributed by atoms with E-state index in [1.807, 2.05) is 12.1 Å². The van der Waals surface area contributed by atoms with Gasteiger partial charge in [0.1, 0.15) is 4.60 Å². The first-order chi connectivity index (χ1) is 6.74. The molecule has 1 aromatic rings. The number of rotatable bonds is 5. The molecule has 0 aliphatic rings. The lowest BCUT2D eigenvalue weighted by Gasteiger charge is -2.09. The van der Waals surface area contributed by atoms with E-state index in [1.54, 1.807) is 6.20 Å². The van der Waals surface area contributed by atoms with Crippen molar-refractivity contribution in [2.24, 2.45) is 0 Å². The number of aromatic nitrogens is 1. The molecule has 1 aromatic heterocycles. The van der Waals surface area contributed by atoms with Crippen molar-refractivity contribution < 1.29 is 10.2 Å². The Balaban J connectivity index is 2.35. The van der Waals surface area contributed by atoms with Crippen LogP contribution in [0.5, 0.6) is 0 Å². The van der Waals surface area contributed by atoms with Gasteiger partial charge in [0.05, 0.1) is 12.7 Å². The van der Waals surface area contributed by atoms with Crippen molar-refractivity contribution in [3.63, 3.8) is 0 Å². The SMILES string of the molecule is OC[C@H](O)CNCc1cccnc1Br. The van der Waals surface area contributed by atoms with Gasteiger partial charge in [0.25, 0.3) is 0 Å². The lowest BCUT2D eigenvalue weighted by molar-refractivity contribution is 0.0942. The largest absolute Gasteiger partial charge is 0.394 e. The molecule has 1 heterocycles. The zero-order valence-corrected chi connectivity index (χ0v) is 9.24. The predicted molar refractivity (Wildman–Crippen MR) is 56.7 cm³/mol. The summed E-state index contributed by atoms with van der Waals surface area (Å²) in [5.74, 6) is 0. The van der Waals surface area contributed by atoms with Gasteiger partial charge >= 0.3 is 0 Å². The van der Waals surface area contributed by atoms with Gasteiger partial charge in [-0.05, 0) is 27.6 Å². The summed E-state index contributed by atoms with van der Waals surface area (Å²) in [5, 5.41) is 20.7. The summed E-state index contributed by atoms with van der Waals surface area (Å²) in [6, 6.07) is 3.79. The van der Waals surface area contributed by atoms with Gasteiger partial charge in [-0.15, -0.1) is 0 Å². The van der Waals surface area contributed by atoms with E-state index < -0.39 is 6.10 Å². The highest BCUT2D eigenvalue weighted by Gasteiger charge is 2.02. The lowest BCUT2D eigenvalue weighted by Crippen LogP contribution is -2.29. The maximum absolute atomic E-state index is 9.07. The number of pyridine rings is 1. The van der Waals surface area contributed by atoms with Gasteiger partial charge in [0.2, 0.25) is 0 Å². The molecule has 0 aromatic carbocycles. The van der Waals surface area contributed by atoms with Crippen LogP contribution in [0.1, 0.15) is 5.56 Å². The average Bonchev–Trinajstić information content (AvgIpc) is 2.20. The summed E-state index contributed by atoms with van der Waals surface area (Å²) in [5.41, 5.74) is 1.03. The van der Waals surface area contributed by atoms with Gasteiger partial charge in [-0.25, -0.2) is 4.98 Å². The molecule has 0 bridgehead atoms. The smallest absolute Gasteiger partial charge is 0.110 e. The standard InChI is InChI=1S/C9H13BrN2O2/c10-9-7(2-1-3-12-9)4-11-5-8(14)6-13/h1-3,8,11,13-14H,4-6H2/t8-/m1/s1. The number of hydrogen-bond acceptors (Lipinski definition) is 4. The van der Waals surface area contributed by atoms with E-state index in [9.17, 15) is 0 Å². The van der Waals surface area contributed by atoms with E-state index in [0.717, 1.165) is 10.2 Å². The minimum atomic E-state index is -0.703. The number of nitrogens with one attached hydrogen (secondary N) is 1. The Kier molecular flexibility index (Phi) is 5.03. The van der Waals surface area contributed by atoms with Gasteiger partial charge in [-0.2, -0.15) is 0 Å². The Hall–Kier alpha value is -0.490. The molecule has 1 rings (SSSR count). The van der Waals surface area contributed by atoms with Gasteiger partial charge < -0.3 is 15.5 Å². The van der Waals surface area contributed by atoms with Crippen LogP contribution in [0, 0.1) is 0 Å². The molecule has 78 valence electrons. The van der Waals surface area contributed by atoms with Gasteiger partial charge in [-0.3, -0.25) is 0 Å². The summed E-state index contributed by atoms with van der Waals surface area (Å²) in [7, 11) is 0. The fraction of sp³-hybridized carbons (Fsp3) is 0.444. The van der Waals surface area contributed by atoms with E-state index in [-0.39, 0.29) is 6.61 Å². The summed E-state index contributed by atoms with van der Waals surface area (Å²) < 4.78 is 0.797. The Morgan fingerprint density at radius 1 is 1.57 bits per heavy atom. The van der Waals surface area contributed by atoms with Crippen molar-refractivity contribution >= 4 is 15.9 Å². The minimum Gasteiger partial charge on any atom is -0.394 e. The average molecular weight is 261 g/mol. The van der Waals surface area contributed by atoms with Crippen LogP contribution in [-0.4, -0.2) is 34.5 Å². The number of aliphatic hydroxyl groups excluding tert-OH is 2. The van der Waals surface area contributed by atoms with Crippen molar-refractivity contribution in [3.05, 3.63) is 28.5 Å². The highest BCUT2D eigenvalue weighted by Crippen LogP contribution is 2.11. The Bertz CT molecular complexity index is 283. The van der Waals surface area contributed by atoms with Gasteiger partial charge in [-0.1, -0.05) is 6.07 Å². The highest BCUT2D eigenvalue weighted by molar-refractivity contribution is 9.10. The number of nitrogens with zero attached hydrogens (tertiary/aromatic N) is 1. The first-order valence-electron chi connectivity index (χ1n) is 4.33. The van der Waals surface area contributed by atoms with Crippen LogP contribution in [0.25, 0.3) is 0 Å². The third-order valence-corrected chi connectivity index (χ3v) is 2.46. The molecule has 0 aliphatic carbocycles. The quantitative estimate of drug-likeness (QED) is 0.666. The molecular weight excluding hydrogens is 248 g/mol. The number of aliphatic hydroxyl groups is 2. The molecule has 5 heteroatoms.